The van der Waals surface area contributed by atoms with Crippen molar-refractivity contribution in [3.63, 3.8) is 0 Å². The first kappa shape index (κ1) is 12.6. The molecule has 0 radical (unpaired) electrons. The molecule has 4 heteroatoms. The maximum Gasteiger partial charge on any atom is 0.0948 e. The third-order valence-corrected chi connectivity index (χ3v) is 3.65. The Morgan fingerprint density at radius 3 is 2.88 bits per heavy atom. The first-order chi connectivity index (χ1) is 8.29. The minimum Gasteiger partial charge on any atom is -0.333 e. The highest BCUT2D eigenvalue weighted by Crippen LogP contribution is 2.18. The van der Waals surface area contributed by atoms with Crippen molar-refractivity contribution in [2.75, 3.05) is 26.7 Å². The number of likely N-dealkylation sites (tertiary alicyclic amines) is 1. The summed E-state index contributed by atoms with van der Waals surface area (Å²) >= 11 is 0. The highest BCUT2D eigenvalue weighted by molar-refractivity contribution is 4.98. The summed E-state index contributed by atoms with van der Waals surface area (Å²) in [5.41, 5.74) is 1.31. The molecule has 0 atom stereocenters. The summed E-state index contributed by atoms with van der Waals surface area (Å²) in [6.07, 6.45) is 6.59. The number of nitrogens with one attached hydrogen (secondary N) is 1. The lowest BCUT2D eigenvalue weighted by Crippen LogP contribution is -2.32. The predicted molar refractivity (Wildman–Crippen MR) is 69.8 cm³/mol. The molecule has 96 valence electrons. The van der Waals surface area contributed by atoms with E-state index in [4.69, 9.17) is 0 Å². The molecule has 1 aliphatic rings. The summed E-state index contributed by atoms with van der Waals surface area (Å²) < 4.78 is 2.32. The second-order valence-electron chi connectivity index (χ2n) is 5.06. The van der Waals surface area contributed by atoms with Gasteiger partial charge in [0.1, 0.15) is 0 Å². The lowest BCUT2D eigenvalue weighted by atomic mass is 9.97. The summed E-state index contributed by atoms with van der Waals surface area (Å²) in [5, 5.41) is 3.37. The van der Waals surface area contributed by atoms with Crippen LogP contribution >= 0.6 is 0 Å². The summed E-state index contributed by atoms with van der Waals surface area (Å²) in [6.45, 7) is 7.69. The van der Waals surface area contributed by atoms with E-state index in [9.17, 15) is 0 Å². The Bertz CT molecular complexity index is 326. The van der Waals surface area contributed by atoms with Crippen molar-refractivity contribution in [1.29, 1.82) is 0 Å². The second-order valence-corrected chi connectivity index (χ2v) is 5.06. The molecule has 1 fully saturated rings. The number of aromatic nitrogens is 2. The molecule has 0 saturated carbocycles. The molecule has 17 heavy (non-hydrogen) atoms. The molecule has 4 nitrogen and oxygen atoms in total. The summed E-state index contributed by atoms with van der Waals surface area (Å²) in [6, 6.07) is 0. The van der Waals surface area contributed by atoms with Crippen LogP contribution in [0.3, 0.4) is 0 Å². The van der Waals surface area contributed by atoms with E-state index >= 15 is 0 Å². The summed E-state index contributed by atoms with van der Waals surface area (Å²) in [4.78, 5) is 6.69. The molecule has 1 aliphatic heterocycles. The van der Waals surface area contributed by atoms with Crippen molar-refractivity contribution < 1.29 is 0 Å². The molecule has 1 aromatic rings. The lowest BCUT2D eigenvalue weighted by Gasteiger charge is -2.29. The zero-order valence-electron chi connectivity index (χ0n) is 11.0. The Morgan fingerprint density at radius 2 is 2.18 bits per heavy atom. The maximum atomic E-state index is 4.27. The summed E-state index contributed by atoms with van der Waals surface area (Å²) in [7, 11) is 2.21. The van der Waals surface area contributed by atoms with E-state index in [0.717, 1.165) is 25.6 Å². The van der Waals surface area contributed by atoms with Crippen LogP contribution in [-0.4, -0.2) is 41.1 Å². The third-order valence-electron chi connectivity index (χ3n) is 3.65. The van der Waals surface area contributed by atoms with Crippen LogP contribution in [-0.2, 0) is 13.1 Å². The van der Waals surface area contributed by atoms with Gasteiger partial charge in [0.05, 0.1) is 12.0 Å². The third kappa shape index (κ3) is 3.54. The molecule has 0 aliphatic carbocycles. The minimum absolute atomic E-state index is 0.820. The van der Waals surface area contributed by atoms with E-state index in [1.54, 1.807) is 0 Å². The van der Waals surface area contributed by atoms with Gasteiger partial charge in [-0.05, 0) is 45.4 Å². The molecule has 1 saturated heterocycles. The van der Waals surface area contributed by atoms with Crippen molar-refractivity contribution in [3.05, 3.63) is 18.2 Å². The fraction of sp³-hybridized carbons (Fsp3) is 0.769. The van der Waals surface area contributed by atoms with Gasteiger partial charge in [-0.15, -0.1) is 0 Å². The molecule has 0 amide bonds. The number of piperidine rings is 1. The summed E-state index contributed by atoms with van der Waals surface area (Å²) in [5.74, 6) is 0.820. The lowest BCUT2D eigenvalue weighted by molar-refractivity contribution is 0.204. The number of imidazole rings is 1. The molecule has 0 unspecified atom stereocenters. The Balaban J connectivity index is 1.87. The van der Waals surface area contributed by atoms with E-state index in [1.807, 2.05) is 12.5 Å². The predicted octanol–water partition coefficient (Wildman–Crippen LogP) is 1.33. The Kier molecular flexibility index (Phi) is 4.57. The van der Waals surface area contributed by atoms with Gasteiger partial charge in [-0.2, -0.15) is 0 Å². The standard InChI is InChI=1S/C13H24N4/c1-3-14-8-13-9-15-11-17(13)10-12-4-6-16(2)7-5-12/h9,11-12,14H,3-8,10H2,1-2H3. The second kappa shape index (κ2) is 6.17. The Morgan fingerprint density at radius 1 is 1.41 bits per heavy atom. The van der Waals surface area contributed by atoms with Crippen LogP contribution in [0.2, 0.25) is 0 Å². The van der Waals surface area contributed by atoms with Crippen LogP contribution in [0, 0.1) is 5.92 Å². The SMILES string of the molecule is CCNCc1cncn1CC1CCN(C)CC1. The molecule has 0 spiro atoms. The number of rotatable bonds is 5. The first-order valence-electron chi connectivity index (χ1n) is 6.68. The van der Waals surface area contributed by atoms with E-state index in [0.29, 0.717) is 0 Å². The molecule has 2 rings (SSSR count). The fourth-order valence-corrected chi connectivity index (χ4v) is 2.44. The number of hydrogen-bond acceptors (Lipinski definition) is 3. The normalized spacial score (nSPS) is 18.7. The van der Waals surface area contributed by atoms with Crippen LogP contribution in [0.15, 0.2) is 12.5 Å². The van der Waals surface area contributed by atoms with Crippen LogP contribution in [0.1, 0.15) is 25.5 Å². The van der Waals surface area contributed by atoms with Gasteiger partial charge in [0, 0.05) is 19.3 Å². The highest BCUT2D eigenvalue weighted by Gasteiger charge is 2.17. The molecule has 1 N–H and O–H groups in total. The minimum atomic E-state index is 0.820. The van der Waals surface area contributed by atoms with E-state index in [2.05, 4.69) is 33.7 Å². The average molecular weight is 236 g/mol. The topological polar surface area (TPSA) is 33.1 Å². The van der Waals surface area contributed by atoms with Crippen LogP contribution in [0.25, 0.3) is 0 Å². The Hall–Kier alpha value is -0.870. The van der Waals surface area contributed by atoms with Crippen molar-refractivity contribution in [3.8, 4) is 0 Å². The van der Waals surface area contributed by atoms with Crippen molar-refractivity contribution >= 4 is 0 Å². The first-order valence-corrected chi connectivity index (χ1v) is 6.68. The average Bonchev–Trinajstić information content (AvgIpc) is 2.77. The monoisotopic (exact) mass is 236 g/mol. The fourth-order valence-electron chi connectivity index (χ4n) is 2.44. The van der Waals surface area contributed by atoms with Gasteiger partial charge in [0.25, 0.3) is 0 Å². The Labute approximate surface area is 104 Å². The molecule has 1 aromatic heterocycles. The molecule has 0 bridgehead atoms. The maximum absolute atomic E-state index is 4.27. The van der Waals surface area contributed by atoms with Crippen molar-refractivity contribution in [1.82, 2.24) is 19.8 Å². The van der Waals surface area contributed by atoms with Crippen molar-refractivity contribution in [2.45, 2.75) is 32.9 Å². The molecular weight excluding hydrogens is 212 g/mol. The van der Waals surface area contributed by atoms with Crippen molar-refractivity contribution in [2.24, 2.45) is 5.92 Å². The van der Waals surface area contributed by atoms with Crippen LogP contribution in [0.5, 0.6) is 0 Å². The molecule has 0 aromatic carbocycles. The van der Waals surface area contributed by atoms with Gasteiger partial charge in [0.15, 0.2) is 0 Å². The zero-order valence-corrected chi connectivity index (χ0v) is 11.0. The van der Waals surface area contributed by atoms with Gasteiger partial charge in [0.2, 0.25) is 0 Å². The molecule has 2 heterocycles. The van der Waals surface area contributed by atoms with Gasteiger partial charge in [-0.25, -0.2) is 4.98 Å². The largest absolute Gasteiger partial charge is 0.333 e. The van der Waals surface area contributed by atoms with Crippen LogP contribution < -0.4 is 5.32 Å². The van der Waals surface area contributed by atoms with E-state index in [1.165, 1.54) is 31.6 Å². The molecular formula is C13H24N4. The van der Waals surface area contributed by atoms with Gasteiger partial charge < -0.3 is 14.8 Å². The van der Waals surface area contributed by atoms with Crippen LogP contribution in [0.4, 0.5) is 0 Å². The number of hydrogen-bond donors (Lipinski definition) is 1. The zero-order chi connectivity index (χ0) is 12.1. The van der Waals surface area contributed by atoms with E-state index < -0.39 is 0 Å². The quantitative estimate of drug-likeness (QED) is 0.837. The van der Waals surface area contributed by atoms with Gasteiger partial charge in [-0.3, -0.25) is 0 Å². The smallest absolute Gasteiger partial charge is 0.0948 e. The van der Waals surface area contributed by atoms with Gasteiger partial charge in [-0.1, -0.05) is 6.92 Å². The highest BCUT2D eigenvalue weighted by atomic mass is 15.1. The number of nitrogens with zero attached hydrogens (tertiary/aromatic N) is 3. The van der Waals surface area contributed by atoms with Gasteiger partial charge >= 0.3 is 0 Å². The van der Waals surface area contributed by atoms with E-state index in [-0.39, 0.29) is 0 Å².